The van der Waals surface area contributed by atoms with E-state index < -0.39 is 10.0 Å². The molecule has 0 saturated carbocycles. The first kappa shape index (κ1) is 20.3. The summed E-state index contributed by atoms with van der Waals surface area (Å²) in [5, 5.41) is 18.4. The molecule has 0 unspecified atom stereocenters. The quantitative estimate of drug-likeness (QED) is 0.248. The molecular formula is C19H25N5O3S. The van der Waals surface area contributed by atoms with Gasteiger partial charge in [0.05, 0.1) is 11.0 Å². The predicted molar refractivity (Wildman–Crippen MR) is 109 cm³/mol. The number of hydrazone groups is 1. The first-order chi connectivity index (χ1) is 13.3. The van der Waals surface area contributed by atoms with Gasteiger partial charge in [-0.15, -0.1) is 0 Å². The molecule has 3 rings (SSSR count). The number of rotatable bonds is 5. The molecule has 0 aliphatic carbocycles. The van der Waals surface area contributed by atoms with Crippen LogP contribution in [0.2, 0.25) is 0 Å². The van der Waals surface area contributed by atoms with Crippen LogP contribution in [0.3, 0.4) is 0 Å². The number of likely N-dealkylation sites (tertiary alicyclic amines) is 1. The molecule has 1 aliphatic heterocycles. The highest BCUT2D eigenvalue weighted by molar-refractivity contribution is 7.89. The van der Waals surface area contributed by atoms with Gasteiger partial charge in [0.1, 0.15) is 0 Å². The molecule has 28 heavy (non-hydrogen) atoms. The second-order valence-corrected chi connectivity index (χ2v) is 8.47. The summed E-state index contributed by atoms with van der Waals surface area (Å²) < 4.78 is 23.9. The van der Waals surface area contributed by atoms with Gasteiger partial charge in [-0.2, -0.15) is 5.10 Å². The van der Waals surface area contributed by atoms with Crippen LogP contribution in [0.5, 0.6) is 0 Å². The number of hydrogen-bond acceptors (Lipinski definition) is 6. The third-order valence-electron chi connectivity index (χ3n) is 4.96. The Morgan fingerprint density at radius 1 is 1.14 bits per heavy atom. The van der Waals surface area contributed by atoms with E-state index in [1.807, 2.05) is 24.3 Å². The van der Waals surface area contributed by atoms with Gasteiger partial charge >= 0.3 is 0 Å². The molecule has 1 aliphatic rings. The predicted octanol–water partition coefficient (Wildman–Crippen LogP) is 0.537. The lowest BCUT2D eigenvalue weighted by molar-refractivity contribution is 0.0792. The number of nitrogens with two attached hydrogens (primary N) is 3. The van der Waals surface area contributed by atoms with Crippen LogP contribution in [0.25, 0.3) is 11.1 Å². The van der Waals surface area contributed by atoms with Crippen molar-refractivity contribution in [3.8, 4) is 11.1 Å². The molecule has 0 aromatic heterocycles. The smallest absolute Gasteiger partial charge is 0.238 e. The molecule has 1 saturated heterocycles. The zero-order valence-electron chi connectivity index (χ0n) is 15.5. The van der Waals surface area contributed by atoms with Crippen LogP contribution < -0.4 is 16.7 Å². The zero-order chi connectivity index (χ0) is 20.3. The number of primary sulfonamides is 1. The molecule has 7 N–H and O–H groups in total. The van der Waals surface area contributed by atoms with Gasteiger partial charge in [-0.05, 0) is 35.6 Å². The van der Waals surface area contributed by atoms with Crippen LogP contribution in [0.1, 0.15) is 24.0 Å². The second kappa shape index (κ2) is 8.27. The number of hydrogen-bond donors (Lipinski definition) is 4. The minimum Gasteiger partial charge on any atom is -0.393 e. The van der Waals surface area contributed by atoms with Crippen molar-refractivity contribution in [2.75, 3.05) is 13.1 Å². The van der Waals surface area contributed by atoms with Crippen molar-refractivity contribution in [1.82, 2.24) is 4.90 Å². The van der Waals surface area contributed by atoms with E-state index in [0.717, 1.165) is 43.6 Å². The van der Waals surface area contributed by atoms with E-state index in [1.165, 1.54) is 6.07 Å². The number of nitrogens with zero attached hydrogens (tertiary/aromatic N) is 2. The summed E-state index contributed by atoms with van der Waals surface area (Å²) in [4.78, 5) is 2.18. The molecule has 150 valence electrons. The number of piperidine rings is 1. The molecule has 1 heterocycles. The molecule has 2 aromatic carbocycles. The molecule has 0 amide bonds. The minimum absolute atomic E-state index is 0.101. The Hall–Kier alpha value is -2.46. The largest absolute Gasteiger partial charge is 0.393 e. The number of aliphatic hydroxyl groups excluding tert-OH is 1. The summed E-state index contributed by atoms with van der Waals surface area (Å²) in [6.45, 7) is 2.53. The number of sulfonamides is 1. The van der Waals surface area contributed by atoms with Crippen molar-refractivity contribution in [1.29, 1.82) is 0 Å². The third-order valence-corrected chi connectivity index (χ3v) is 5.91. The van der Waals surface area contributed by atoms with Crippen molar-refractivity contribution in [2.45, 2.75) is 30.4 Å². The van der Waals surface area contributed by atoms with E-state index in [2.05, 4.69) is 10.0 Å². The Balaban J connectivity index is 1.92. The Labute approximate surface area is 164 Å². The first-order valence-electron chi connectivity index (χ1n) is 8.99. The van der Waals surface area contributed by atoms with E-state index in [4.69, 9.17) is 16.7 Å². The van der Waals surface area contributed by atoms with Gasteiger partial charge in [0.25, 0.3) is 0 Å². The highest BCUT2D eigenvalue weighted by Gasteiger charge is 2.21. The van der Waals surface area contributed by atoms with Gasteiger partial charge in [-0.3, -0.25) is 4.90 Å². The van der Waals surface area contributed by atoms with Gasteiger partial charge in [-0.25, -0.2) is 13.6 Å². The van der Waals surface area contributed by atoms with E-state index >= 15 is 0 Å². The summed E-state index contributed by atoms with van der Waals surface area (Å²) >= 11 is 0. The fourth-order valence-electron chi connectivity index (χ4n) is 3.46. The van der Waals surface area contributed by atoms with Gasteiger partial charge in [0, 0.05) is 25.2 Å². The molecule has 0 bridgehead atoms. The maximum absolute atomic E-state index is 12.0. The van der Waals surface area contributed by atoms with Gasteiger partial charge in [0.15, 0.2) is 5.84 Å². The average Bonchev–Trinajstić information content (AvgIpc) is 2.68. The standard InChI is InChI=1S/C19H25N5O3S/c20-19(23-21)18-16(2-1-3-17(18)28(22,26)27)14-6-4-13(5-7-14)12-24-10-8-15(25)9-11-24/h1-7,15,25H,8-12,21H2,(H2,20,23)(H2,22,26,27). The summed E-state index contributed by atoms with van der Waals surface area (Å²) in [6, 6.07) is 12.5. The maximum Gasteiger partial charge on any atom is 0.238 e. The summed E-state index contributed by atoms with van der Waals surface area (Å²) in [6.07, 6.45) is 1.39. The summed E-state index contributed by atoms with van der Waals surface area (Å²) in [5.74, 6) is 5.20. The minimum atomic E-state index is -3.99. The molecular weight excluding hydrogens is 378 g/mol. The van der Waals surface area contributed by atoms with Crippen LogP contribution in [0.4, 0.5) is 0 Å². The fraction of sp³-hybridized carbons (Fsp3) is 0.316. The van der Waals surface area contributed by atoms with Crippen molar-refractivity contribution in [2.24, 2.45) is 21.8 Å². The Bertz CT molecular complexity index is 966. The maximum atomic E-state index is 12.0. The van der Waals surface area contributed by atoms with Crippen molar-refractivity contribution in [3.05, 3.63) is 53.6 Å². The molecule has 0 atom stereocenters. The van der Waals surface area contributed by atoms with E-state index in [1.54, 1.807) is 12.1 Å². The van der Waals surface area contributed by atoms with E-state index in [9.17, 15) is 13.5 Å². The normalized spacial score (nSPS) is 17.0. The fourth-order valence-corrected chi connectivity index (χ4v) is 4.23. The summed E-state index contributed by atoms with van der Waals surface area (Å²) in [5.41, 5.74) is 8.57. The van der Waals surface area contributed by atoms with Crippen LogP contribution >= 0.6 is 0 Å². The molecule has 8 nitrogen and oxygen atoms in total. The van der Waals surface area contributed by atoms with Crippen molar-refractivity contribution >= 4 is 15.9 Å². The zero-order valence-corrected chi connectivity index (χ0v) is 16.3. The Morgan fingerprint density at radius 2 is 1.79 bits per heavy atom. The topological polar surface area (TPSA) is 148 Å². The van der Waals surface area contributed by atoms with Crippen molar-refractivity contribution < 1.29 is 13.5 Å². The van der Waals surface area contributed by atoms with Crippen LogP contribution in [0, 0.1) is 0 Å². The van der Waals surface area contributed by atoms with Gasteiger partial charge in [-0.1, -0.05) is 36.4 Å². The van der Waals surface area contributed by atoms with Crippen LogP contribution in [0.15, 0.2) is 52.5 Å². The number of benzene rings is 2. The SMILES string of the molecule is N/N=C(\N)c1c(-c2ccc(CN3CCC(O)CC3)cc2)cccc1S(N)(=O)=O. The number of amidine groups is 1. The van der Waals surface area contributed by atoms with E-state index in [0.29, 0.717) is 5.56 Å². The van der Waals surface area contributed by atoms with Crippen LogP contribution in [-0.4, -0.2) is 43.5 Å². The van der Waals surface area contributed by atoms with Crippen LogP contribution in [-0.2, 0) is 16.6 Å². The summed E-state index contributed by atoms with van der Waals surface area (Å²) in [7, 11) is -3.99. The molecule has 0 radical (unpaired) electrons. The second-order valence-electron chi connectivity index (χ2n) is 6.94. The van der Waals surface area contributed by atoms with Gasteiger partial charge < -0.3 is 16.7 Å². The monoisotopic (exact) mass is 403 g/mol. The molecule has 9 heteroatoms. The van der Waals surface area contributed by atoms with Crippen molar-refractivity contribution in [3.63, 3.8) is 0 Å². The number of aliphatic hydroxyl groups is 1. The lowest BCUT2D eigenvalue weighted by atomic mass is 9.97. The Kier molecular flexibility index (Phi) is 5.99. The van der Waals surface area contributed by atoms with Gasteiger partial charge in [0.2, 0.25) is 10.0 Å². The third kappa shape index (κ3) is 4.50. The molecule has 0 spiro atoms. The average molecular weight is 404 g/mol. The lowest BCUT2D eigenvalue weighted by Gasteiger charge is -2.29. The Morgan fingerprint density at radius 3 is 2.36 bits per heavy atom. The molecule has 2 aromatic rings. The highest BCUT2D eigenvalue weighted by atomic mass is 32.2. The highest BCUT2D eigenvalue weighted by Crippen LogP contribution is 2.29. The lowest BCUT2D eigenvalue weighted by Crippen LogP contribution is -2.35. The first-order valence-corrected chi connectivity index (χ1v) is 10.5. The van der Waals surface area contributed by atoms with E-state index in [-0.39, 0.29) is 22.4 Å². The molecule has 1 fully saturated rings.